The number of amides is 1. The molecular weight excluding hydrogens is 357 g/mol. The lowest BCUT2D eigenvalue weighted by molar-refractivity contribution is -0.256. The number of rotatable bonds is 0. The molecule has 0 saturated carbocycles. The average molecular weight is 367 g/mol. The fourth-order valence-electron chi connectivity index (χ4n) is 2.36. The number of pyridine rings is 1. The largest absolute Gasteiger partial charge is 0.433 e. The number of hydrogen-bond acceptors (Lipinski definition) is 3. The van der Waals surface area contributed by atoms with E-state index in [1.165, 1.54) is 30.6 Å². The van der Waals surface area contributed by atoms with Crippen molar-refractivity contribution in [1.29, 1.82) is 0 Å². The summed E-state index contributed by atoms with van der Waals surface area (Å²) in [4.78, 5) is 15.5. The Morgan fingerprint density at radius 2 is 2.12 bits per heavy atom. The molecule has 2 aromatic rings. The highest BCUT2D eigenvalue weighted by atomic mass is 35.5. The van der Waals surface area contributed by atoms with Crippen LogP contribution in [0.5, 0.6) is 0 Å². The number of nitrogens with zero attached hydrogens (tertiary/aromatic N) is 1. The fraction of sp³-hybridized carbons (Fsp3) is 0.176. The molecular formula is C17H10ClF3N2O2. The monoisotopic (exact) mass is 366 g/mol. The first-order chi connectivity index (χ1) is 11.8. The lowest BCUT2D eigenvalue weighted by atomic mass is 9.91. The summed E-state index contributed by atoms with van der Waals surface area (Å²) in [6.07, 6.45) is -2.10. The van der Waals surface area contributed by atoms with Crippen molar-refractivity contribution in [3.05, 3.63) is 58.9 Å². The highest BCUT2D eigenvalue weighted by Crippen LogP contribution is 2.46. The van der Waals surface area contributed by atoms with Gasteiger partial charge in [0.1, 0.15) is 6.61 Å². The molecule has 25 heavy (non-hydrogen) atoms. The van der Waals surface area contributed by atoms with Crippen molar-refractivity contribution in [2.75, 3.05) is 11.9 Å². The minimum absolute atomic E-state index is 0.0512. The summed E-state index contributed by atoms with van der Waals surface area (Å²) in [7, 11) is 0. The Morgan fingerprint density at radius 1 is 1.32 bits per heavy atom. The predicted octanol–water partition coefficient (Wildman–Crippen LogP) is 3.51. The van der Waals surface area contributed by atoms with Gasteiger partial charge in [-0.1, -0.05) is 17.5 Å². The zero-order valence-corrected chi connectivity index (χ0v) is 13.3. The summed E-state index contributed by atoms with van der Waals surface area (Å²) in [5, 5.41) is 2.44. The molecule has 1 aliphatic heterocycles. The average Bonchev–Trinajstić information content (AvgIpc) is 2.70. The van der Waals surface area contributed by atoms with Gasteiger partial charge in [-0.15, -0.1) is 0 Å². The van der Waals surface area contributed by atoms with E-state index in [4.69, 9.17) is 16.3 Å². The molecule has 128 valence electrons. The number of anilines is 1. The minimum Gasteiger partial charge on any atom is -0.340 e. The molecule has 0 spiro atoms. The summed E-state index contributed by atoms with van der Waals surface area (Å²) >= 11 is 5.87. The molecule has 3 rings (SSSR count). The second kappa shape index (κ2) is 6.39. The van der Waals surface area contributed by atoms with E-state index in [1.54, 1.807) is 6.07 Å². The first-order valence-corrected chi connectivity index (χ1v) is 7.43. The van der Waals surface area contributed by atoms with Crippen LogP contribution in [-0.4, -0.2) is 23.7 Å². The molecule has 1 amide bonds. The lowest BCUT2D eigenvalue weighted by Crippen LogP contribution is -2.44. The summed E-state index contributed by atoms with van der Waals surface area (Å²) in [6, 6.07) is 6.82. The van der Waals surface area contributed by atoms with Crippen LogP contribution in [-0.2, 0) is 15.1 Å². The molecule has 8 heteroatoms. The number of benzene rings is 1. The normalized spacial score (nSPS) is 19.9. The van der Waals surface area contributed by atoms with Gasteiger partial charge in [-0.05, 0) is 36.3 Å². The number of nitrogens with one attached hydrogen (secondary N) is 1. The predicted molar refractivity (Wildman–Crippen MR) is 84.9 cm³/mol. The molecule has 2 heterocycles. The third kappa shape index (κ3) is 3.31. The van der Waals surface area contributed by atoms with Gasteiger partial charge >= 0.3 is 6.18 Å². The van der Waals surface area contributed by atoms with Crippen LogP contribution < -0.4 is 5.32 Å². The topological polar surface area (TPSA) is 51.2 Å². The van der Waals surface area contributed by atoms with Crippen LogP contribution in [0.15, 0.2) is 42.7 Å². The Bertz CT molecular complexity index is 875. The van der Waals surface area contributed by atoms with E-state index in [1.807, 2.05) is 0 Å². The van der Waals surface area contributed by atoms with Crippen molar-refractivity contribution in [2.24, 2.45) is 0 Å². The van der Waals surface area contributed by atoms with E-state index in [0.29, 0.717) is 0 Å². The van der Waals surface area contributed by atoms with Crippen molar-refractivity contribution >= 4 is 23.2 Å². The standard InChI is InChI=1S/C17H10ClF3N2O2/c18-12-3-4-14-13(8-12)16(17(19,20)21,25-10-15(24)23-14)6-5-11-2-1-7-22-9-11/h1-4,7-9H,10H2,(H,23,24). The highest BCUT2D eigenvalue weighted by Gasteiger charge is 2.59. The van der Waals surface area contributed by atoms with E-state index in [0.717, 1.165) is 6.07 Å². The van der Waals surface area contributed by atoms with E-state index in [2.05, 4.69) is 22.1 Å². The van der Waals surface area contributed by atoms with Crippen LogP contribution in [0.3, 0.4) is 0 Å². The van der Waals surface area contributed by atoms with E-state index < -0.39 is 24.3 Å². The Kier molecular flexibility index (Phi) is 4.41. The zero-order valence-electron chi connectivity index (χ0n) is 12.5. The number of aromatic nitrogens is 1. The molecule has 0 radical (unpaired) electrons. The van der Waals surface area contributed by atoms with Gasteiger partial charge in [0.15, 0.2) is 0 Å². The van der Waals surface area contributed by atoms with Crippen molar-refractivity contribution in [1.82, 2.24) is 4.98 Å². The Hall–Kier alpha value is -2.56. The molecule has 1 aromatic heterocycles. The summed E-state index contributed by atoms with van der Waals surface area (Å²) in [5.74, 6) is 3.86. The van der Waals surface area contributed by atoms with Crippen LogP contribution in [0.1, 0.15) is 11.1 Å². The molecule has 1 unspecified atom stereocenters. The van der Waals surface area contributed by atoms with Crippen LogP contribution in [0.25, 0.3) is 0 Å². The molecule has 0 bridgehead atoms. The molecule has 1 aromatic carbocycles. The Balaban J connectivity index is 2.24. The third-order valence-corrected chi connectivity index (χ3v) is 3.73. The van der Waals surface area contributed by atoms with Crippen LogP contribution in [0, 0.1) is 11.8 Å². The van der Waals surface area contributed by atoms with Crippen LogP contribution >= 0.6 is 11.6 Å². The molecule has 4 nitrogen and oxygen atoms in total. The molecule has 0 fully saturated rings. The third-order valence-electron chi connectivity index (χ3n) is 3.50. The Morgan fingerprint density at radius 3 is 2.80 bits per heavy atom. The van der Waals surface area contributed by atoms with E-state index >= 15 is 0 Å². The molecule has 0 aliphatic carbocycles. The second-order valence-corrected chi connectivity index (χ2v) is 5.63. The van der Waals surface area contributed by atoms with Crippen molar-refractivity contribution in [3.8, 4) is 11.8 Å². The maximum Gasteiger partial charge on any atom is 0.433 e. The zero-order chi connectivity index (χ0) is 18.1. The number of carbonyl (C=O) groups excluding carboxylic acids is 1. The number of alkyl halides is 3. The first kappa shape index (κ1) is 17.3. The minimum atomic E-state index is -4.91. The molecule has 0 saturated heterocycles. The van der Waals surface area contributed by atoms with Gasteiger partial charge in [0.05, 0.1) is 0 Å². The van der Waals surface area contributed by atoms with Crippen LogP contribution in [0.2, 0.25) is 5.02 Å². The van der Waals surface area contributed by atoms with Gasteiger partial charge in [-0.25, -0.2) is 0 Å². The van der Waals surface area contributed by atoms with Gasteiger partial charge in [0.2, 0.25) is 5.91 Å². The van der Waals surface area contributed by atoms with Gasteiger partial charge < -0.3 is 10.1 Å². The number of hydrogen-bond donors (Lipinski definition) is 1. The van der Waals surface area contributed by atoms with Crippen molar-refractivity contribution in [3.63, 3.8) is 0 Å². The van der Waals surface area contributed by atoms with Crippen molar-refractivity contribution < 1.29 is 22.7 Å². The number of fused-ring (bicyclic) bond motifs is 1. The Labute approximate surface area is 146 Å². The van der Waals surface area contributed by atoms with Gasteiger partial charge in [0, 0.05) is 34.2 Å². The van der Waals surface area contributed by atoms with Gasteiger partial charge in [-0.3, -0.25) is 9.78 Å². The first-order valence-electron chi connectivity index (χ1n) is 7.05. The van der Waals surface area contributed by atoms with Crippen molar-refractivity contribution in [2.45, 2.75) is 11.8 Å². The summed E-state index contributed by atoms with van der Waals surface area (Å²) in [6.45, 7) is -0.798. The molecule has 1 aliphatic rings. The smallest absolute Gasteiger partial charge is 0.340 e. The van der Waals surface area contributed by atoms with E-state index in [-0.39, 0.29) is 21.8 Å². The maximum atomic E-state index is 14.0. The maximum absolute atomic E-state index is 14.0. The number of ether oxygens (including phenoxy) is 1. The highest BCUT2D eigenvalue weighted by molar-refractivity contribution is 6.30. The van der Waals surface area contributed by atoms with Gasteiger partial charge in [-0.2, -0.15) is 13.2 Å². The number of halogens is 4. The quantitative estimate of drug-likeness (QED) is 0.726. The number of carbonyl (C=O) groups is 1. The fourth-order valence-corrected chi connectivity index (χ4v) is 2.53. The SMILES string of the molecule is O=C1COC(C#Cc2cccnc2)(C(F)(F)F)c2cc(Cl)ccc2N1. The second-order valence-electron chi connectivity index (χ2n) is 5.20. The summed E-state index contributed by atoms with van der Waals surface area (Å²) in [5.41, 5.74) is -3.14. The molecule has 1 atom stereocenters. The van der Waals surface area contributed by atoms with Crippen LogP contribution in [0.4, 0.5) is 18.9 Å². The molecule has 1 N–H and O–H groups in total. The van der Waals surface area contributed by atoms with Gasteiger partial charge in [0.25, 0.3) is 5.60 Å². The summed E-state index contributed by atoms with van der Waals surface area (Å²) < 4.78 is 47.0. The van der Waals surface area contributed by atoms with E-state index in [9.17, 15) is 18.0 Å². The lowest BCUT2D eigenvalue weighted by Gasteiger charge is -2.30.